The van der Waals surface area contributed by atoms with Gasteiger partial charge in [0.15, 0.2) is 16.3 Å². The third-order valence-corrected chi connectivity index (χ3v) is 3.93. The SMILES string of the molecule is CC(=O)O.NCCc1c[nH]c(=S)n1[C@H]1COc2c(F)cc(F)cc2C1. The maximum Gasteiger partial charge on any atom is 0.300 e. The van der Waals surface area contributed by atoms with Crippen molar-refractivity contribution in [2.24, 2.45) is 5.73 Å². The largest absolute Gasteiger partial charge is 0.488 e. The molecule has 2 heterocycles. The molecule has 1 aliphatic rings. The number of carboxylic acids is 1. The van der Waals surface area contributed by atoms with E-state index in [1.807, 2.05) is 10.8 Å². The van der Waals surface area contributed by atoms with Gasteiger partial charge in [-0.1, -0.05) is 0 Å². The van der Waals surface area contributed by atoms with Crippen molar-refractivity contribution in [3.05, 3.63) is 46.0 Å². The van der Waals surface area contributed by atoms with Gasteiger partial charge in [0, 0.05) is 43.3 Å². The minimum atomic E-state index is -0.833. The fraction of sp³-hybridized carbons (Fsp3) is 0.375. The molecule has 3 rings (SSSR count). The third-order valence-electron chi connectivity index (χ3n) is 3.62. The average Bonchev–Trinajstić information content (AvgIpc) is 2.87. The molecule has 6 nitrogen and oxygen atoms in total. The Morgan fingerprint density at radius 3 is 2.84 bits per heavy atom. The molecule has 4 N–H and O–H groups in total. The third kappa shape index (κ3) is 4.64. The van der Waals surface area contributed by atoms with E-state index in [0.717, 1.165) is 18.7 Å². The molecule has 0 amide bonds. The van der Waals surface area contributed by atoms with Gasteiger partial charge in [0.05, 0.1) is 6.04 Å². The van der Waals surface area contributed by atoms with Crippen molar-refractivity contribution in [3.63, 3.8) is 0 Å². The lowest BCUT2D eigenvalue weighted by Gasteiger charge is -2.27. The number of aromatic nitrogens is 2. The smallest absolute Gasteiger partial charge is 0.300 e. The van der Waals surface area contributed by atoms with Crippen LogP contribution in [0.15, 0.2) is 18.3 Å². The van der Waals surface area contributed by atoms with Gasteiger partial charge in [0.1, 0.15) is 12.4 Å². The predicted octanol–water partition coefficient (Wildman–Crippen LogP) is 2.59. The highest BCUT2D eigenvalue weighted by Gasteiger charge is 2.26. The number of nitrogens with two attached hydrogens (primary N) is 1. The van der Waals surface area contributed by atoms with Crippen molar-refractivity contribution in [1.29, 1.82) is 0 Å². The van der Waals surface area contributed by atoms with Crippen LogP contribution in [0.25, 0.3) is 0 Å². The van der Waals surface area contributed by atoms with Gasteiger partial charge in [-0.15, -0.1) is 0 Å². The Balaban J connectivity index is 0.000000511. The lowest BCUT2D eigenvalue weighted by molar-refractivity contribution is -0.134. The zero-order valence-electron chi connectivity index (χ0n) is 13.6. The van der Waals surface area contributed by atoms with Gasteiger partial charge in [0.2, 0.25) is 0 Å². The molecule has 1 aromatic carbocycles. The van der Waals surface area contributed by atoms with E-state index in [9.17, 15) is 8.78 Å². The van der Waals surface area contributed by atoms with Crippen molar-refractivity contribution < 1.29 is 23.4 Å². The summed E-state index contributed by atoms with van der Waals surface area (Å²) in [5.41, 5.74) is 7.08. The van der Waals surface area contributed by atoms with E-state index in [4.69, 9.17) is 32.6 Å². The number of aliphatic carboxylic acids is 1. The molecule has 0 aliphatic carbocycles. The molecule has 9 heteroatoms. The lowest BCUT2D eigenvalue weighted by atomic mass is 10.0. The summed E-state index contributed by atoms with van der Waals surface area (Å²) < 4.78 is 35.0. The van der Waals surface area contributed by atoms with Gasteiger partial charge >= 0.3 is 0 Å². The zero-order valence-corrected chi connectivity index (χ0v) is 14.4. The maximum absolute atomic E-state index is 13.7. The van der Waals surface area contributed by atoms with Gasteiger partial charge in [-0.2, -0.15) is 0 Å². The highest BCUT2D eigenvalue weighted by atomic mass is 32.1. The van der Waals surface area contributed by atoms with Crippen molar-refractivity contribution in [2.75, 3.05) is 13.2 Å². The second kappa shape index (κ2) is 8.21. The molecule has 0 radical (unpaired) electrons. The number of imidazole rings is 1. The van der Waals surface area contributed by atoms with E-state index < -0.39 is 17.6 Å². The second-order valence-electron chi connectivity index (χ2n) is 5.56. The molecule has 2 aromatic rings. The quantitative estimate of drug-likeness (QED) is 0.721. The number of carbonyl (C=O) groups is 1. The van der Waals surface area contributed by atoms with Gasteiger partial charge in [-0.05, 0) is 24.8 Å². The Hall–Kier alpha value is -2.26. The van der Waals surface area contributed by atoms with Gasteiger partial charge in [-0.25, -0.2) is 8.78 Å². The molecule has 0 fully saturated rings. The Bertz CT molecular complexity index is 815. The first kappa shape index (κ1) is 19.1. The number of nitrogens with one attached hydrogen (secondary N) is 1. The summed E-state index contributed by atoms with van der Waals surface area (Å²) in [6.07, 6.45) is 2.96. The van der Waals surface area contributed by atoms with Crippen molar-refractivity contribution in [2.45, 2.75) is 25.8 Å². The molecular weight excluding hydrogens is 352 g/mol. The summed E-state index contributed by atoms with van der Waals surface area (Å²) in [5.74, 6) is -1.96. The first-order chi connectivity index (χ1) is 11.8. The number of carboxylic acid groups (broad SMARTS) is 1. The van der Waals surface area contributed by atoms with E-state index in [1.165, 1.54) is 6.07 Å². The fourth-order valence-electron chi connectivity index (χ4n) is 2.74. The number of H-pyrrole nitrogens is 1. The number of benzene rings is 1. The normalized spacial score (nSPS) is 15.6. The van der Waals surface area contributed by atoms with E-state index in [2.05, 4.69) is 4.98 Å². The van der Waals surface area contributed by atoms with Crippen LogP contribution >= 0.6 is 12.2 Å². The molecule has 0 saturated heterocycles. The van der Waals surface area contributed by atoms with Crippen molar-refractivity contribution in [1.82, 2.24) is 9.55 Å². The summed E-state index contributed by atoms with van der Waals surface area (Å²) in [5, 5.41) is 7.42. The summed E-state index contributed by atoms with van der Waals surface area (Å²) in [7, 11) is 0. The standard InChI is InChI=1S/C14H15F2N3OS.C2H4O2/c15-9-3-8-4-11(7-20-13(8)12(16)5-9)19-10(1-2-17)6-18-14(19)21;1-2(3)4/h3,5-6,11H,1-2,4,7,17H2,(H,18,21);1H3,(H,3,4)/t11-;/m1./s1. The molecular formula is C16H19F2N3O3S. The summed E-state index contributed by atoms with van der Waals surface area (Å²) in [6, 6.07) is 2.05. The van der Waals surface area contributed by atoms with Crippen LogP contribution in [0.1, 0.15) is 24.2 Å². The van der Waals surface area contributed by atoms with Crippen molar-refractivity contribution in [3.8, 4) is 5.75 Å². The van der Waals surface area contributed by atoms with Crippen LogP contribution < -0.4 is 10.5 Å². The number of ether oxygens (including phenoxy) is 1. The fourth-order valence-corrected chi connectivity index (χ4v) is 3.07. The Morgan fingerprint density at radius 1 is 1.52 bits per heavy atom. The lowest BCUT2D eigenvalue weighted by Crippen LogP contribution is -2.27. The highest BCUT2D eigenvalue weighted by molar-refractivity contribution is 7.71. The average molecular weight is 371 g/mol. The molecule has 0 spiro atoms. The first-order valence-corrected chi connectivity index (χ1v) is 8.03. The van der Waals surface area contributed by atoms with E-state index >= 15 is 0 Å². The predicted molar refractivity (Wildman–Crippen MR) is 90.3 cm³/mol. The Morgan fingerprint density at radius 2 is 2.20 bits per heavy atom. The minimum absolute atomic E-state index is 0.0981. The number of aromatic amines is 1. The monoisotopic (exact) mass is 371 g/mol. The molecule has 0 unspecified atom stereocenters. The van der Waals surface area contributed by atoms with Crippen LogP contribution in [0.3, 0.4) is 0 Å². The van der Waals surface area contributed by atoms with E-state index in [-0.39, 0.29) is 11.8 Å². The second-order valence-corrected chi connectivity index (χ2v) is 5.94. The maximum atomic E-state index is 13.7. The molecule has 136 valence electrons. The number of hydrogen-bond acceptors (Lipinski definition) is 4. The van der Waals surface area contributed by atoms with Gasteiger partial charge in [-0.3, -0.25) is 4.79 Å². The molecule has 0 bridgehead atoms. The molecule has 0 saturated carbocycles. The highest BCUT2D eigenvalue weighted by Crippen LogP contribution is 2.33. The van der Waals surface area contributed by atoms with Crippen LogP contribution in [-0.2, 0) is 17.6 Å². The van der Waals surface area contributed by atoms with Crippen LogP contribution in [-0.4, -0.2) is 33.8 Å². The Kier molecular flexibility index (Phi) is 6.27. The Labute approximate surface area is 148 Å². The number of halogens is 2. The molecule has 25 heavy (non-hydrogen) atoms. The van der Waals surface area contributed by atoms with Gasteiger partial charge in [0.25, 0.3) is 5.97 Å². The van der Waals surface area contributed by atoms with Crippen LogP contribution in [0, 0.1) is 16.4 Å². The van der Waals surface area contributed by atoms with Crippen LogP contribution in [0.2, 0.25) is 0 Å². The number of nitrogens with zero attached hydrogens (tertiary/aromatic N) is 1. The number of hydrogen-bond donors (Lipinski definition) is 3. The van der Waals surface area contributed by atoms with Crippen molar-refractivity contribution >= 4 is 18.2 Å². The van der Waals surface area contributed by atoms with Crippen LogP contribution in [0.5, 0.6) is 5.75 Å². The molecule has 1 atom stereocenters. The molecule has 1 aromatic heterocycles. The molecule has 1 aliphatic heterocycles. The van der Waals surface area contributed by atoms with E-state index in [1.54, 1.807) is 0 Å². The minimum Gasteiger partial charge on any atom is -0.488 e. The number of rotatable bonds is 3. The zero-order chi connectivity index (χ0) is 18.6. The summed E-state index contributed by atoms with van der Waals surface area (Å²) in [4.78, 5) is 12.0. The first-order valence-electron chi connectivity index (χ1n) is 7.62. The topological polar surface area (TPSA) is 93.3 Å². The van der Waals surface area contributed by atoms with E-state index in [0.29, 0.717) is 36.3 Å². The summed E-state index contributed by atoms with van der Waals surface area (Å²) in [6.45, 7) is 1.87. The summed E-state index contributed by atoms with van der Waals surface area (Å²) >= 11 is 5.28. The van der Waals surface area contributed by atoms with Gasteiger partial charge < -0.3 is 25.1 Å². The van der Waals surface area contributed by atoms with Crippen LogP contribution in [0.4, 0.5) is 8.78 Å². The number of fused-ring (bicyclic) bond motifs is 1.